The van der Waals surface area contributed by atoms with Crippen LogP contribution in [0.25, 0.3) is 11.3 Å². The SMILES string of the molecule is COc1ccc(CN(C(=O)c2cc(-c3ccccc3)on2)[C@@H]2CCS(=O)(=O)C2)cc1. The molecule has 0 radical (unpaired) electrons. The number of benzene rings is 2. The van der Waals surface area contributed by atoms with Crippen LogP contribution in [-0.2, 0) is 16.4 Å². The van der Waals surface area contributed by atoms with E-state index in [4.69, 9.17) is 9.26 Å². The number of sulfone groups is 1. The second-order valence-electron chi connectivity index (χ2n) is 7.28. The summed E-state index contributed by atoms with van der Waals surface area (Å²) in [6, 6.07) is 17.9. The fourth-order valence-corrected chi connectivity index (χ4v) is 5.31. The fourth-order valence-electron chi connectivity index (χ4n) is 3.58. The highest BCUT2D eigenvalue weighted by molar-refractivity contribution is 7.91. The molecule has 3 aromatic rings. The Kier molecular flexibility index (Phi) is 5.59. The molecule has 1 aliphatic heterocycles. The molecule has 0 spiro atoms. The number of carbonyl (C=O) groups is 1. The molecule has 2 heterocycles. The van der Waals surface area contributed by atoms with Gasteiger partial charge < -0.3 is 14.2 Å². The third-order valence-corrected chi connectivity index (χ3v) is 6.96. The van der Waals surface area contributed by atoms with Crippen LogP contribution in [0.15, 0.2) is 65.2 Å². The Morgan fingerprint density at radius 3 is 2.53 bits per heavy atom. The zero-order valence-corrected chi connectivity index (χ0v) is 17.3. The van der Waals surface area contributed by atoms with E-state index >= 15 is 0 Å². The largest absolute Gasteiger partial charge is 0.497 e. The number of rotatable bonds is 6. The van der Waals surface area contributed by atoms with Gasteiger partial charge in [-0.2, -0.15) is 0 Å². The van der Waals surface area contributed by atoms with Gasteiger partial charge in [-0.15, -0.1) is 0 Å². The lowest BCUT2D eigenvalue weighted by molar-refractivity contribution is 0.0670. The van der Waals surface area contributed by atoms with Crippen molar-refractivity contribution in [2.75, 3.05) is 18.6 Å². The summed E-state index contributed by atoms with van der Waals surface area (Å²) in [5.41, 5.74) is 1.85. The van der Waals surface area contributed by atoms with Crippen LogP contribution in [-0.4, -0.2) is 49.0 Å². The minimum atomic E-state index is -3.15. The Labute approximate surface area is 175 Å². The van der Waals surface area contributed by atoms with Gasteiger partial charge in [-0.05, 0) is 24.1 Å². The minimum absolute atomic E-state index is 0.0434. The normalized spacial score (nSPS) is 17.6. The maximum absolute atomic E-state index is 13.3. The van der Waals surface area contributed by atoms with E-state index in [1.165, 1.54) is 0 Å². The van der Waals surface area contributed by atoms with Crippen LogP contribution >= 0.6 is 0 Å². The summed E-state index contributed by atoms with van der Waals surface area (Å²) in [4.78, 5) is 14.9. The van der Waals surface area contributed by atoms with Gasteiger partial charge in [0.05, 0.1) is 18.6 Å². The van der Waals surface area contributed by atoms with Gasteiger partial charge in [0.1, 0.15) is 5.75 Å². The average molecular weight is 426 g/mol. The predicted octanol–water partition coefficient (Wildman–Crippen LogP) is 3.18. The van der Waals surface area contributed by atoms with Gasteiger partial charge in [-0.1, -0.05) is 47.6 Å². The number of hydrogen-bond acceptors (Lipinski definition) is 6. The maximum atomic E-state index is 13.3. The molecule has 0 unspecified atom stereocenters. The third-order valence-electron chi connectivity index (χ3n) is 5.21. The van der Waals surface area contributed by atoms with E-state index in [0.29, 0.717) is 17.9 Å². The van der Waals surface area contributed by atoms with E-state index < -0.39 is 15.9 Å². The van der Waals surface area contributed by atoms with Gasteiger partial charge in [0.2, 0.25) is 0 Å². The topological polar surface area (TPSA) is 89.7 Å². The number of methoxy groups -OCH3 is 1. The molecule has 2 aromatic carbocycles. The molecule has 1 aromatic heterocycles. The van der Waals surface area contributed by atoms with Gasteiger partial charge in [-0.25, -0.2) is 8.42 Å². The van der Waals surface area contributed by atoms with E-state index in [2.05, 4.69) is 5.16 Å². The van der Waals surface area contributed by atoms with Crippen LogP contribution in [0.3, 0.4) is 0 Å². The molecule has 0 saturated carbocycles. The Morgan fingerprint density at radius 1 is 1.17 bits per heavy atom. The lowest BCUT2D eigenvalue weighted by Crippen LogP contribution is -2.40. The lowest BCUT2D eigenvalue weighted by Gasteiger charge is -2.27. The first-order valence-electron chi connectivity index (χ1n) is 9.61. The van der Waals surface area contributed by atoms with Crippen LogP contribution in [0.2, 0.25) is 0 Å². The van der Waals surface area contributed by atoms with Crippen LogP contribution in [0.4, 0.5) is 0 Å². The van der Waals surface area contributed by atoms with E-state index in [-0.39, 0.29) is 29.7 Å². The number of nitrogens with zero attached hydrogens (tertiary/aromatic N) is 2. The molecule has 1 amide bonds. The summed E-state index contributed by atoms with van der Waals surface area (Å²) in [5, 5.41) is 3.95. The first kappa shape index (κ1) is 20.2. The number of aromatic nitrogens is 1. The van der Waals surface area contributed by atoms with Crippen molar-refractivity contribution in [2.45, 2.75) is 19.0 Å². The highest BCUT2D eigenvalue weighted by atomic mass is 32.2. The summed E-state index contributed by atoms with van der Waals surface area (Å²) < 4.78 is 34.6. The first-order chi connectivity index (χ1) is 14.4. The highest BCUT2D eigenvalue weighted by Gasteiger charge is 2.36. The van der Waals surface area contributed by atoms with E-state index in [0.717, 1.165) is 11.1 Å². The monoisotopic (exact) mass is 426 g/mol. The summed E-state index contributed by atoms with van der Waals surface area (Å²) in [7, 11) is -1.57. The molecular weight excluding hydrogens is 404 g/mol. The number of amides is 1. The van der Waals surface area contributed by atoms with Crippen molar-refractivity contribution in [3.05, 3.63) is 71.9 Å². The van der Waals surface area contributed by atoms with E-state index in [9.17, 15) is 13.2 Å². The van der Waals surface area contributed by atoms with Crippen molar-refractivity contribution in [2.24, 2.45) is 0 Å². The highest BCUT2D eigenvalue weighted by Crippen LogP contribution is 2.25. The van der Waals surface area contributed by atoms with Crippen molar-refractivity contribution in [3.8, 4) is 17.1 Å². The smallest absolute Gasteiger partial charge is 0.276 e. The van der Waals surface area contributed by atoms with Gasteiger partial charge >= 0.3 is 0 Å². The van der Waals surface area contributed by atoms with Gasteiger partial charge in [-0.3, -0.25) is 4.79 Å². The number of ether oxygens (including phenoxy) is 1. The molecular formula is C22H22N2O5S. The molecule has 1 aliphatic rings. The van der Waals surface area contributed by atoms with Crippen molar-refractivity contribution in [1.82, 2.24) is 10.1 Å². The lowest BCUT2D eigenvalue weighted by atomic mass is 10.1. The van der Waals surface area contributed by atoms with Gasteiger partial charge in [0.25, 0.3) is 5.91 Å². The Hall–Kier alpha value is -3.13. The summed E-state index contributed by atoms with van der Waals surface area (Å²) >= 11 is 0. The van der Waals surface area contributed by atoms with E-state index in [1.54, 1.807) is 18.1 Å². The van der Waals surface area contributed by atoms with E-state index in [1.807, 2.05) is 54.6 Å². The second kappa shape index (κ2) is 8.31. The molecule has 0 N–H and O–H groups in total. The van der Waals surface area contributed by atoms with Crippen LogP contribution in [0, 0.1) is 0 Å². The molecule has 7 nitrogen and oxygen atoms in total. The molecule has 0 aliphatic carbocycles. The summed E-state index contributed by atoms with van der Waals surface area (Å²) in [6.45, 7) is 0.274. The van der Waals surface area contributed by atoms with Crippen molar-refractivity contribution >= 4 is 15.7 Å². The molecule has 1 fully saturated rings. The third kappa shape index (κ3) is 4.38. The molecule has 1 saturated heterocycles. The zero-order chi connectivity index (χ0) is 21.1. The molecule has 0 bridgehead atoms. The van der Waals surface area contributed by atoms with Crippen LogP contribution < -0.4 is 4.74 Å². The number of carbonyl (C=O) groups excluding carboxylic acids is 1. The average Bonchev–Trinajstić information content (AvgIpc) is 3.39. The Balaban J connectivity index is 1.61. The Bertz CT molecular complexity index is 1120. The molecule has 156 valence electrons. The molecule has 4 rings (SSSR count). The van der Waals surface area contributed by atoms with Crippen LogP contribution in [0.5, 0.6) is 5.75 Å². The Morgan fingerprint density at radius 2 is 1.90 bits per heavy atom. The zero-order valence-electron chi connectivity index (χ0n) is 16.5. The van der Waals surface area contributed by atoms with Crippen molar-refractivity contribution < 1.29 is 22.5 Å². The fraction of sp³-hybridized carbons (Fsp3) is 0.273. The van der Waals surface area contributed by atoms with Crippen LogP contribution in [0.1, 0.15) is 22.5 Å². The standard InChI is InChI=1S/C22H22N2O5S/c1-28-19-9-7-16(8-10-19)14-24(18-11-12-30(26,27)15-18)22(25)20-13-21(29-23-20)17-5-3-2-4-6-17/h2-10,13,18H,11-12,14-15H2,1H3/t18-/m1/s1. The van der Waals surface area contributed by atoms with Crippen molar-refractivity contribution in [1.29, 1.82) is 0 Å². The minimum Gasteiger partial charge on any atom is -0.497 e. The predicted molar refractivity (Wildman–Crippen MR) is 112 cm³/mol. The summed E-state index contributed by atoms with van der Waals surface area (Å²) in [6.07, 6.45) is 0.410. The number of hydrogen-bond donors (Lipinski definition) is 0. The van der Waals surface area contributed by atoms with Crippen molar-refractivity contribution in [3.63, 3.8) is 0 Å². The quantitative estimate of drug-likeness (QED) is 0.601. The van der Waals surface area contributed by atoms with Gasteiger partial charge in [0, 0.05) is 24.2 Å². The second-order valence-corrected chi connectivity index (χ2v) is 9.51. The first-order valence-corrected chi connectivity index (χ1v) is 11.4. The summed E-state index contributed by atoms with van der Waals surface area (Å²) in [5.74, 6) is 0.890. The molecule has 30 heavy (non-hydrogen) atoms. The molecule has 8 heteroatoms. The molecule has 1 atom stereocenters. The van der Waals surface area contributed by atoms with Gasteiger partial charge in [0.15, 0.2) is 21.3 Å². The maximum Gasteiger partial charge on any atom is 0.276 e.